The molecule has 2 aromatic heterocycles. The maximum atomic E-state index is 7.45. The number of nitrogens with zero attached hydrogens (tertiary/aromatic N) is 3. The number of aromatic nitrogens is 3. The van der Waals surface area contributed by atoms with Crippen molar-refractivity contribution in [3.8, 4) is 22.5 Å². The molecule has 3 rings (SSSR count). The van der Waals surface area contributed by atoms with E-state index in [9.17, 15) is 0 Å². The molecule has 0 fully saturated rings. The lowest BCUT2D eigenvalue weighted by Gasteiger charge is -2.06. The van der Waals surface area contributed by atoms with Crippen LogP contribution in [0.2, 0.25) is 0 Å². The van der Waals surface area contributed by atoms with Crippen molar-refractivity contribution in [3.63, 3.8) is 0 Å². The summed E-state index contributed by atoms with van der Waals surface area (Å²) in [5, 5.41) is 0. The zero-order valence-corrected chi connectivity index (χ0v) is 12.0. The standard InChI is InChI=1S/C18H18N3/c1-13-6-4-5-7-16(13)18-9-8-15(12-21(18)3)17-10-11-19-14(2)20-17/h4-12H,1-3H3/q+1/i2D3. The zero-order valence-electron chi connectivity index (χ0n) is 15.0. The SMILES string of the molecule is [2H]C([2H])([2H])c1nccc(-c2ccc(-c3ccccc3C)[n+](C)c2)n1. The van der Waals surface area contributed by atoms with Gasteiger partial charge in [-0.1, -0.05) is 18.2 Å². The van der Waals surface area contributed by atoms with Crippen LogP contribution in [-0.2, 0) is 7.05 Å². The Morgan fingerprint density at radius 2 is 1.95 bits per heavy atom. The fraction of sp³-hybridized carbons (Fsp3) is 0.167. The molecule has 0 aliphatic carbocycles. The van der Waals surface area contributed by atoms with Gasteiger partial charge in [-0.3, -0.25) is 0 Å². The molecular weight excluding hydrogens is 258 g/mol. The summed E-state index contributed by atoms with van der Waals surface area (Å²) in [4.78, 5) is 8.04. The lowest BCUT2D eigenvalue weighted by molar-refractivity contribution is -0.659. The second-order valence-corrected chi connectivity index (χ2v) is 4.99. The summed E-state index contributed by atoms with van der Waals surface area (Å²) in [5.41, 5.74) is 4.90. The molecule has 0 bridgehead atoms. The minimum absolute atomic E-state index is 0.134. The van der Waals surface area contributed by atoms with Gasteiger partial charge in [0, 0.05) is 21.9 Å². The average Bonchev–Trinajstić information content (AvgIpc) is 2.55. The summed E-state index contributed by atoms with van der Waals surface area (Å²) in [5.74, 6) is -0.134. The largest absolute Gasteiger partial charge is 0.242 e. The number of aryl methyl sites for hydroxylation is 3. The predicted octanol–water partition coefficient (Wildman–Crippen LogP) is 3.25. The topological polar surface area (TPSA) is 29.7 Å². The van der Waals surface area contributed by atoms with Gasteiger partial charge in [0.1, 0.15) is 12.9 Å². The summed E-state index contributed by atoms with van der Waals surface area (Å²) in [6.07, 6.45) is 3.44. The number of rotatable bonds is 2. The quantitative estimate of drug-likeness (QED) is 0.674. The molecule has 2 heterocycles. The van der Waals surface area contributed by atoms with Gasteiger partial charge < -0.3 is 0 Å². The molecule has 3 aromatic rings. The minimum atomic E-state index is -2.31. The van der Waals surface area contributed by atoms with E-state index in [-0.39, 0.29) is 5.82 Å². The molecule has 0 saturated heterocycles. The van der Waals surface area contributed by atoms with Crippen molar-refractivity contribution in [3.05, 3.63) is 66.2 Å². The molecule has 0 aliphatic heterocycles. The Kier molecular flexibility index (Phi) is 2.65. The summed E-state index contributed by atoms with van der Waals surface area (Å²) >= 11 is 0. The molecule has 0 atom stereocenters. The van der Waals surface area contributed by atoms with Crippen molar-refractivity contribution in [1.29, 1.82) is 0 Å². The van der Waals surface area contributed by atoms with Gasteiger partial charge >= 0.3 is 0 Å². The molecule has 0 amide bonds. The highest BCUT2D eigenvalue weighted by Gasteiger charge is 2.13. The highest BCUT2D eigenvalue weighted by Crippen LogP contribution is 2.22. The van der Waals surface area contributed by atoms with E-state index in [1.165, 1.54) is 11.8 Å². The van der Waals surface area contributed by atoms with E-state index in [0.717, 1.165) is 16.8 Å². The lowest BCUT2D eigenvalue weighted by atomic mass is 10.0. The molecule has 0 unspecified atom stereocenters. The van der Waals surface area contributed by atoms with Crippen LogP contribution in [0.15, 0.2) is 54.9 Å². The van der Waals surface area contributed by atoms with Gasteiger partial charge in [0.05, 0.1) is 11.3 Å². The first-order valence-electron chi connectivity index (χ1n) is 8.26. The molecule has 3 nitrogen and oxygen atoms in total. The number of benzene rings is 1. The van der Waals surface area contributed by atoms with E-state index in [0.29, 0.717) is 5.69 Å². The van der Waals surface area contributed by atoms with Crippen molar-refractivity contribution in [2.75, 3.05) is 0 Å². The van der Waals surface area contributed by atoms with Gasteiger partial charge in [-0.05, 0) is 37.5 Å². The Balaban J connectivity index is 2.04. The molecule has 0 radical (unpaired) electrons. The highest BCUT2D eigenvalue weighted by molar-refractivity contribution is 5.64. The summed E-state index contributed by atoms with van der Waals surface area (Å²) in [6, 6.07) is 13.9. The Labute approximate surface area is 129 Å². The third-order valence-corrected chi connectivity index (χ3v) is 3.51. The third kappa shape index (κ3) is 2.68. The van der Waals surface area contributed by atoms with Crippen molar-refractivity contribution in [1.82, 2.24) is 9.97 Å². The van der Waals surface area contributed by atoms with E-state index in [1.54, 1.807) is 6.07 Å². The van der Waals surface area contributed by atoms with E-state index in [4.69, 9.17) is 4.11 Å². The number of pyridine rings is 1. The minimum Gasteiger partial charge on any atom is -0.242 e. The summed E-state index contributed by atoms with van der Waals surface area (Å²) in [7, 11) is 1.97. The predicted molar refractivity (Wildman–Crippen MR) is 83.6 cm³/mol. The monoisotopic (exact) mass is 279 g/mol. The molecule has 104 valence electrons. The first-order chi connectivity index (χ1) is 11.4. The van der Waals surface area contributed by atoms with Crippen LogP contribution >= 0.6 is 0 Å². The molecule has 0 aliphatic rings. The van der Waals surface area contributed by atoms with Gasteiger partial charge in [-0.15, -0.1) is 0 Å². The van der Waals surface area contributed by atoms with Gasteiger partial charge in [-0.25, -0.2) is 14.5 Å². The van der Waals surface area contributed by atoms with Crippen LogP contribution in [0.3, 0.4) is 0 Å². The maximum Gasteiger partial charge on any atom is 0.212 e. The van der Waals surface area contributed by atoms with Gasteiger partial charge in [0.25, 0.3) is 0 Å². The third-order valence-electron chi connectivity index (χ3n) is 3.51. The normalized spacial score (nSPS) is 13.3. The molecular formula is C18H18N3+. The molecule has 0 spiro atoms. The number of hydrogen-bond donors (Lipinski definition) is 0. The molecule has 3 heteroatoms. The fourth-order valence-corrected chi connectivity index (χ4v) is 2.42. The van der Waals surface area contributed by atoms with Gasteiger partial charge in [0.2, 0.25) is 5.69 Å². The smallest absolute Gasteiger partial charge is 0.212 e. The van der Waals surface area contributed by atoms with Crippen LogP contribution in [0.4, 0.5) is 0 Å². The molecule has 0 N–H and O–H groups in total. The maximum absolute atomic E-state index is 7.45. The van der Waals surface area contributed by atoms with E-state index >= 15 is 0 Å². The van der Waals surface area contributed by atoms with Crippen LogP contribution < -0.4 is 4.57 Å². The first kappa shape index (κ1) is 10.2. The Bertz CT molecular complexity index is 889. The van der Waals surface area contributed by atoms with Crippen molar-refractivity contribution >= 4 is 0 Å². The van der Waals surface area contributed by atoms with Crippen molar-refractivity contribution in [2.45, 2.75) is 13.8 Å². The van der Waals surface area contributed by atoms with Crippen LogP contribution in [0.1, 0.15) is 15.5 Å². The summed E-state index contributed by atoms with van der Waals surface area (Å²) < 4.78 is 24.4. The summed E-state index contributed by atoms with van der Waals surface area (Å²) in [6.45, 7) is -0.227. The van der Waals surface area contributed by atoms with E-state index in [2.05, 4.69) is 29.0 Å². The molecule has 21 heavy (non-hydrogen) atoms. The van der Waals surface area contributed by atoms with Crippen molar-refractivity contribution in [2.24, 2.45) is 7.05 Å². The Hall–Kier alpha value is -2.55. The van der Waals surface area contributed by atoms with Crippen LogP contribution in [0.25, 0.3) is 22.5 Å². The Morgan fingerprint density at radius 1 is 1.10 bits per heavy atom. The van der Waals surface area contributed by atoms with E-state index < -0.39 is 6.85 Å². The van der Waals surface area contributed by atoms with E-state index in [1.807, 2.05) is 42.1 Å². The lowest BCUT2D eigenvalue weighted by Crippen LogP contribution is -2.30. The molecule has 0 saturated carbocycles. The van der Waals surface area contributed by atoms with Crippen LogP contribution in [-0.4, -0.2) is 9.97 Å². The second kappa shape index (κ2) is 5.44. The van der Waals surface area contributed by atoms with Crippen LogP contribution in [0, 0.1) is 13.8 Å². The molecule has 1 aromatic carbocycles. The van der Waals surface area contributed by atoms with Crippen LogP contribution in [0.5, 0.6) is 0 Å². The average molecular weight is 279 g/mol. The highest BCUT2D eigenvalue weighted by atomic mass is 14.9. The van der Waals surface area contributed by atoms with Crippen molar-refractivity contribution < 1.29 is 8.68 Å². The first-order valence-corrected chi connectivity index (χ1v) is 6.76. The fourth-order valence-electron chi connectivity index (χ4n) is 2.42. The Morgan fingerprint density at radius 3 is 2.71 bits per heavy atom. The van der Waals surface area contributed by atoms with Gasteiger partial charge in [-0.2, -0.15) is 0 Å². The van der Waals surface area contributed by atoms with Gasteiger partial charge in [0.15, 0.2) is 6.20 Å². The second-order valence-electron chi connectivity index (χ2n) is 4.99. The number of hydrogen-bond acceptors (Lipinski definition) is 2. The zero-order chi connectivity index (χ0) is 17.3.